The third-order valence-corrected chi connectivity index (χ3v) is 7.53. The van der Waals surface area contributed by atoms with Crippen molar-refractivity contribution in [3.8, 4) is 17.6 Å². The molecule has 216 valence electrons. The van der Waals surface area contributed by atoms with Crippen LogP contribution >= 0.6 is 0 Å². The number of carbonyl (C=O) groups is 2. The number of nitriles is 1. The Morgan fingerprint density at radius 3 is 2.64 bits per heavy atom. The van der Waals surface area contributed by atoms with Crippen LogP contribution in [0.25, 0.3) is 0 Å². The fourth-order valence-electron chi connectivity index (χ4n) is 4.05. The molecule has 1 aromatic heterocycles. The normalized spacial score (nSPS) is 10.9. The van der Waals surface area contributed by atoms with Crippen LogP contribution in [-0.2, 0) is 27.8 Å². The number of rotatable bonds is 13. The fourth-order valence-corrected chi connectivity index (χ4v) is 5.11. The highest BCUT2D eigenvalue weighted by Crippen LogP contribution is 2.23. The number of benzene rings is 3. The summed E-state index contributed by atoms with van der Waals surface area (Å²) >= 11 is 0. The van der Waals surface area contributed by atoms with Gasteiger partial charge in [-0.25, -0.2) is 13.1 Å². The van der Waals surface area contributed by atoms with Gasteiger partial charge < -0.3 is 14.8 Å². The van der Waals surface area contributed by atoms with Crippen LogP contribution in [0.3, 0.4) is 0 Å². The summed E-state index contributed by atoms with van der Waals surface area (Å²) in [4.78, 5) is 24.9. The van der Waals surface area contributed by atoms with E-state index in [4.69, 9.17) is 14.7 Å². The van der Waals surface area contributed by atoms with E-state index in [1.165, 1.54) is 31.4 Å². The van der Waals surface area contributed by atoms with Crippen LogP contribution in [0.2, 0.25) is 0 Å². The van der Waals surface area contributed by atoms with Crippen LogP contribution < -0.4 is 19.5 Å². The predicted molar refractivity (Wildman–Crippen MR) is 153 cm³/mol. The van der Waals surface area contributed by atoms with E-state index in [0.29, 0.717) is 29.2 Å². The molecule has 0 aliphatic carbocycles. The van der Waals surface area contributed by atoms with Crippen molar-refractivity contribution in [2.45, 2.75) is 24.3 Å². The molecule has 0 radical (unpaired) electrons. The standard InChI is InChI=1S/C30H29N5O6S/c1-40-26-7-3-6-25(19-26)30(37)32-14-16-41-28-18-23(21-35-15-4-13-33-35)9-10-24(28)11-12-29(36)34-42(38,39)27-8-2-5-22(17-27)20-31/h2-10,13,15,17-19H,11-12,14,16,21H2,1H3,(H,32,37)(H,34,36). The fraction of sp³-hybridized carbons (Fsp3) is 0.200. The van der Waals surface area contributed by atoms with E-state index in [0.717, 1.165) is 5.56 Å². The molecule has 42 heavy (non-hydrogen) atoms. The van der Waals surface area contributed by atoms with Gasteiger partial charge in [0, 0.05) is 24.4 Å². The Morgan fingerprint density at radius 2 is 1.88 bits per heavy atom. The van der Waals surface area contributed by atoms with Gasteiger partial charge in [0.15, 0.2) is 0 Å². The highest BCUT2D eigenvalue weighted by Gasteiger charge is 2.19. The molecule has 0 aliphatic rings. The van der Waals surface area contributed by atoms with Crippen LogP contribution in [-0.4, -0.2) is 50.3 Å². The number of hydrogen-bond acceptors (Lipinski definition) is 8. The molecule has 0 fully saturated rings. The number of amides is 2. The highest BCUT2D eigenvalue weighted by molar-refractivity contribution is 7.90. The summed E-state index contributed by atoms with van der Waals surface area (Å²) in [5.41, 5.74) is 2.22. The minimum atomic E-state index is -4.14. The van der Waals surface area contributed by atoms with Crippen LogP contribution in [0.1, 0.15) is 33.5 Å². The lowest BCUT2D eigenvalue weighted by Gasteiger charge is -2.14. The van der Waals surface area contributed by atoms with E-state index in [1.807, 2.05) is 36.5 Å². The van der Waals surface area contributed by atoms with Crippen molar-refractivity contribution in [3.05, 3.63) is 107 Å². The molecule has 0 saturated heterocycles. The number of nitrogens with one attached hydrogen (secondary N) is 2. The highest BCUT2D eigenvalue weighted by atomic mass is 32.2. The molecule has 3 aromatic carbocycles. The van der Waals surface area contributed by atoms with E-state index in [1.54, 1.807) is 35.1 Å². The Kier molecular flexibility index (Phi) is 9.91. The molecule has 0 atom stereocenters. The molecular weight excluding hydrogens is 558 g/mol. The Balaban J connectivity index is 1.40. The molecule has 11 nitrogen and oxygen atoms in total. The van der Waals surface area contributed by atoms with Crippen molar-refractivity contribution in [1.29, 1.82) is 5.26 Å². The first-order chi connectivity index (χ1) is 20.3. The van der Waals surface area contributed by atoms with Gasteiger partial charge in [0.1, 0.15) is 18.1 Å². The van der Waals surface area contributed by atoms with Crippen LogP contribution in [0.15, 0.2) is 90.1 Å². The maximum Gasteiger partial charge on any atom is 0.264 e. The summed E-state index contributed by atoms with van der Waals surface area (Å²) in [7, 11) is -2.61. The van der Waals surface area contributed by atoms with Crippen molar-refractivity contribution >= 4 is 21.8 Å². The molecule has 2 amide bonds. The van der Waals surface area contributed by atoms with Crippen LogP contribution in [0, 0.1) is 11.3 Å². The molecule has 1 heterocycles. The summed E-state index contributed by atoms with van der Waals surface area (Å²) in [5.74, 6) is 0.107. The topological polar surface area (TPSA) is 152 Å². The lowest BCUT2D eigenvalue weighted by atomic mass is 10.1. The summed E-state index contributed by atoms with van der Waals surface area (Å²) in [6.45, 7) is 0.875. The zero-order valence-corrected chi connectivity index (χ0v) is 23.6. The molecule has 0 saturated carbocycles. The number of methoxy groups -OCH3 is 1. The molecule has 4 aromatic rings. The Bertz CT molecular complexity index is 1700. The van der Waals surface area contributed by atoms with Gasteiger partial charge in [0.2, 0.25) is 5.91 Å². The van der Waals surface area contributed by atoms with Crippen molar-refractivity contribution in [2.24, 2.45) is 0 Å². The van der Waals surface area contributed by atoms with E-state index < -0.39 is 15.9 Å². The second-order valence-corrected chi connectivity index (χ2v) is 10.8. The Morgan fingerprint density at radius 1 is 1.05 bits per heavy atom. The van der Waals surface area contributed by atoms with Crippen molar-refractivity contribution in [1.82, 2.24) is 19.8 Å². The molecule has 0 spiro atoms. The van der Waals surface area contributed by atoms with Gasteiger partial charge in [-0.15, -0.1) is 0 Å². The maximum atomic E-state index is 12.6. The zero-order valence-electron chi connectivity index (χ0n) is 22.8. The number of nitrogens with zero attached hydrogens (tertiary/aromatic N) is 3. The molecule has 0 bridgehead atoms. The van der Waals surface area contributed by atoms with Crippen molar-refractivity contribution in [2.75, 3.05) is 20.3 Å². The van der Waals surface area contributed by atoms with Gasteiger partial charge in [-0.05, 0) is 66.1 Å². The average molecular weight is 588 g/mol. The van der Waals surface area contributed by atoms with Gasteiger partial charge in [0.05, 0.1) is 36.7 Å². The van der Waals surface area contributed by atoms with Gasteiger partial charge in [-0.2, -0.15) is 10.4 Å². The summed E-state index contributed by atoms with van der Waals surface area (Å²) in [5, 5.41) is 16.1. The number of ether oxygens (including phenoxy) is 2. The minimum Gasteiger partial charge on any atom is -0.497 e. The number of aryl methyl sites for hydroxylation is 1. The molecule has 4 rings (SSSR count). The SMILES string of the molecule is COc1cccc(C(=O)NCCOc2cc(Cn3cccn3)ccc2CCC(=O)NS(=O)(=O)c2cccc(C#N)c2)c1. The number of sulfonamides is 1. The van der Waals surface area contributed by atoms with E-state index in [2.05, 4.69) is 15.1 Å². The first kappa shape index (κ1) is 29.8. The largest absolute Gasteiger partial charge is 0.497 e. The lowest BCUT2D eigenvalue weighted by molar-refractivity contribution is -0.119. The second-order valence-electron chi connectivity index (χ2n) is 9.15. The average Bonchev–Trinajstić information content (AvgIpc) is 3.51. The second kappa shape index (κ2) is 14.0. The van der Waals surface area contributed by atoms with E-state index in [9.17, 15) is 18.0 Å². The van der Waals surface area contributed by atoms with Gasteiger partial charge in [0.25, 0.3) is 15.9 Å². The molecular formula is C30H29N5O6S. The molecule has 2 N–H and O–H groups in total. The van der Waals surface area contributed by atoms with Crippen LogP contribution in [0.5, 0.6) is 11.5 Å². The Hall–Kier alpha value is -5.15. The van der Waals surface area contributed by atoms with E-state index >= 15 is 0 Å². The molecule has 0 unspecified atom stereocenters. The zero-order chi connectivity index (χ0) is 30.0. The smallest absolute Gasteiger partial charge is 0.264 e. The minimum absolute atomic E-state index is 0.126. The summed E-state index contributed by atoms with van der Waals surface area (Å²) < 4.78 is 40.3. The predicted octanol–water partition coefficient (Wildman–Crippen LogP) is 3.06. The third kappa shape index (κ3) is 8.18. The third-order valence-electron chi connectivity index (χ3n) is 6.16. The number of carbonyl (C=O) groups excluding carboxylic acids is 2. The number of aromatic nitrogens is 2. The van der Waals surface area contributed by atoms with Gasteiger partial charge in [-0.1, -0.05) is 24.3 Å². The quantitative estimate of drug-likeness (QED) is 0.227. The molecule has 12 heteroatoms. The first-order valence-corrected chi connectivity index (χ1v) is 14.5. The summed E-state index contributed by atoms with van der Waals surface area (Å²) in [6, 6.07) is 21.5. The van der Waals surface area contributed by atoms with Gasteiger partial charge >= 0.3 is 0 Å². The molecule has 0 aliphatic heterocycles. The summed E-state index contributed by atoms with van der Waals surface area (Å²) in [6.07, 6.45) is 3.59. The van der Waals surface area contributed by atoms with Gasteiger partial charge in [-0.3, -0.25) is 14.3 Å². The number of hydrogen-bond donors (Lipinski definition) is 2. The van der Waals surface area contributed by atoms with Crippen molar-refractivity contribution in [3.63, 3.8) is 0 Å². The van der Waals surface area contributed by atoms with Crippen LogP contribution in [0.4, 0.5) is 0 Å². The maximum absolute atomic E-state index is 12.6. The first-order valence-electron chi connectivity index (χ1n) is 13.0. The van der Waals surface area contributed by atoms with E-state index in [-0.39, 0.29) is 42.4 Å². The Labute approximate surface area is 243 Å². The lowest BCUT2D eigenvalue weighted by Crippen LogP contribution is -2.30. The van der Waals surface area contributed by atoms with Crippen molar-refractivity contribution < 1.29 is 27.5 Å². The monoisotopic (exact) mass is 587 g/mol.